The summed E-state index contributed by atoms with van der Waals surface area (Å²) in [5, 5.41) is 10.8. The molecule has 1 aliphatic rings. The summed E-state index contributed by atoms with van der Waals surface area (Å²) < 4.78 is 5.66. The van der Waals surface area contributed by atoms with Crippen LogP contribution in [-0.4, -0.2) is 51.7 Å². The molecule has 1 aromatic carbocycles. The molecule has 2 N–H and O–H groups in total. The van der Waals surface area contributed by atoms with Crippen LogP contribution in [0.3, 0.4) is 0 Å². The van der Waals surface area contributed by atoms with E-state index in [-0.39, 0.29) is 25.0 Å². The summed E-state index contributed by atoms with van der Waals surface area (Å²) in [7, 11) is 1.70. The number of amides is 2. The predicted octanol–water partition coefficient (Wildman–Crippen LogP) is 1.48. The third-order valence-electron chi connectivity index (χ3n) is 5.10. The molecule has 8 heteroatoms. The van der Waals surface area contributed by atoms with Crippen LogP contribution in [0.4, 0.5) is 0 Å². The number of hydrogen-bond donors (Lipinski definition) is 2. The number of rotatable bonds is 4. The molecule has 0 saturated carbocycles. The number of aryl methyl sites for hydroxylation is 1. The van der Waals surface area contributed by atoms with Gasteiger partial charge in [-0.1, -0.05) is 24.3 Å². The first-order valence-corrected chi connectivity index (χ1v) is 9.04. The molecule has 1 fully saturated rings. The number of carbonyl (C=O) groups excluding carboxylic acids is 2. The zero-order chi connectivity index (χ0) is 19.7. The van der Waals surface area contributed by atoms with Crippen molar-refractivity contribution in [3.63, 3.8) is 0 Å². The average molecular weight is 379 g/mol. The number of likely N-dealkylation sites (N-methyl/N-ethyl adjacent to an activating group) is 1. The third-order valence-corrected chi connectivity index (χ3v) is 5.10. The first-order valence-electron chi connectivity index (χ1n) is 9.04. The van der Waals surface area contributed by atoms with E-state index in [9.17, 15) is 9.59 Å². The number of morpholine rings is 1. The number of nitrogens with one attached hydrogen (secondary N) is 2. The van der Waals surface area contributed by atoms with Gasteiger partial charge in [-0.3, -0.25) is 14.7 Å². The normalized spacial score (nSPS) is 19.8. The van der Waals surface area contributed by atoms with E-state index in [1.807, 2.05) is 43.3 Å². The van der Waals surface area contributed by atoms with Crippen molar-refractivity contribution in [3.8, 4) is 0 Å². The maximum absolute atomic E-state index is 13.0. The van der Waals surface area contributed by atoms with Gasteiger partial charge in [0, 0.05) is 18.6 Å². The Kier molecular flexibility index (Phi) is 4.79. The zero-order valence-electron chi connectivity index (χ0n) is 15.7. The molecule has 0 spiro atoms. The SMILES string of the molecule is Cc1ccccc1[C@@H]1[C@@H](C(=O)NCc2[nH]nc3ncccc23)OCC(=O)N1C. The first-order chi connectivity index (χ1) is 13.6. The Morgan fingerprint density at radius 1 is 1.32 bits per heavy atom. The van der Waals surface area contributed by atoms with Crippen molar-refractivity contribution >= 4 is 22.8 Å². The number of ether oxygens (including phenoxy) is 1. The van der Waals surface area contributed by atoms with E-state index >= 15 is 0 Å². The van der Waals surface area contributed by atoms with Gasteiger partial charge in [0.1, 0.15) is 6.61 Å². The van der Waals surface area contributed by atoms with Crippen molar-refractivity contribution in [2.24, 2.45) is 0 Å². The molecule has 1 saturated heterocycles. The van der Waals surface area contributed by atoms with E-state index in [1.54, 1.807) is 18.1 Å². The Labute approximate surface area is 161 Å². The molecule has 1 aliphatic heterocycles. The third kappa shape index (κ3) is 3.22. The second kappa shape index (κ2) is 7.40. The summed E-state index contributed by atoms with van der Waals surface area (Å²) in [5.41, 5.74) is 3.27. The van der Waals surface area contributed by atoms with Crippen LogP contribution in [0.1, 0.15) is 22.9 Å². The van der Waals surface area contributed by atoms with Gasteiger partial charge in [0.05, 0.1) is 18.3 Å². The van der Waals surface area contributed by atoms with Gasteiger partial charge in [-0.05, 0) is 30.2 Å². The highest BCUT2D eigenvalue weighted by Crippen LogP contribution is 2.31. The molecule has 8 nitrogen and oxygen atoms in total. The first kappa shape index (κ1) is 18.1. The molecule has 3 aromatic rings. The number of pyridine rings is 1. The van der Waals surface area contributed by atoms with Crippen molar-refractivity contribution in [2.75, 3.05) is 13.7 Å². The van der Waals surface area contributed by atoms with Gasteiger partial charge in [0.15, 0.2) is 11.8 Å². The summed E-state index contributed by atoms with van der Waals surface area (Å²) in [6, 6.07) is 10.9. The van der Waals surface area contributed by atoms with E-state index in [0.717, 1.165) is 22.2 Å². The number of hydrogen-bond acceptors (Lipinski definition) is 5. The molecule has 0 aliphatic carbocycles. The van der Waals surface area contributed by atoms with Crippen LogP contribution < -0.4 is 5.32 Å². The van der Waals surface area contributed by atoms with Gasteiger partial charge in [0.25, 0.3) is 5.91 Å². The van der Waals surface area contributed by atoms with Crippen LogP contribution >= 0.6 is 0 Å². The highest BCUT2D eigenvalue weighted by Gasteiger charge is 2.40. The van der Waals surface area contributed by atoms with Gasteiger partial charge < -0.3 is 15.0 Å². The van der Waals surface area contributed by atoms with E-state index in [4.69, 9.17) is 4.74 Å². The lowest BCUT2D eigenvalue weighted by atomic mass is 9.94. The standard InChI is InChI=1S/C20H21N5O3/c1-12-6-3-4-7-13(12)17-18(28-11-16(26)25(17)2)20(27)22-10-15-14-8-5-9-21-19(14)24-23-15/h3-9,17-18H,10-11H2,1-2H3,(H,22,27)(H,21,23,24)/t17-,18+/m1/s1. The minimum Gasteiger partial charge on any atom is -0.356 e. The topological polar surface area (TPSA) is 100 Å². The fraction of sp³-hybridized carbons (Fsp3) is 0.300. The summed E-state index contributed by atoms with van der Waals surface area (Å²) >= 11 is 0. The minimum atomic E-state index is -0.795. The second-order valence-corrected chi connectivity index (χ2v) is 6.83. The van der Waals surface area contributed by atoms with E-state index < -0.39 is 12.1 Å². The molecule has 0 bridgehead atoms. The Hall–Kier alpha value is -3.26. The molecule has 2 atom stereocenters. The predicted molar refractivity (Wildman–Crippen MR) is 102 cm³/mol. The number of fused-ring (bicyclic) bond motifs is 1. The fourth-order valence-electron chi connectivity index (χ4n) is 3.53. The van der Waals surface area contributed by atoms with E-state index in [2.05, 4.69) is 20.5 Å². The summed E-state index contributed by atoms with van der Waals surface area (Å²) in [5.74, 6) is -0.429. The van der Waals surface area contributed by atoms with Gasteiger partial charge in [-0.15, -0.1) is 0 Å². The Morgan fingerprint density at radius 3 is 2.96 bits per heavy atom. The maximum Gasteiger partial charge on any atom is 0.252 e. The lowest BCUT2D eigenvalue weighted by molar-refractivity contribution is -0.162. The number of aromatic amines is 1. The van der Waals surface area contributed by atoms with Crippen LogP contribution in [0.25, 0.3) is 11.0 Å². The van der Waals surface area contributed by atoms with E-state index in [0.29, 0.717) is 5.65 Å². The Morgan fingerprint density at radius 2 is 2.14 bits per heavy atom. The van der Waals surface area contributed by atoms with Gasteiger partial charge in [0.2, 0.25) is 5.91 Å². The molecule has 0 unspecified atom stereocenters. The van der Waals surface area contributed by atoms with E-state index in [1.165, 1.54) is 0 Å². The number of H-pyrrole nitrogens is 1. The Balaban J connectivity index is 1.56. The van der Waals surface area contributed by atoms with Crippen molar-refractivity contribution in [2.45, 2.75) is 25.6 Å². The van der Waals surface area contributed by atoms with Gasteiger partial charge in [-0.2, -0.15) is 5.10 Å². The molecule has 4 rings (SSSR count). The lowest BCUT2D eigenvalue weighted by Gasteiger charge is -2.38. The summed E-state index contributed by atoms with van der Waals surface area (Å²) in [6.45, 7) is 2.11. The summed E-state index contributed by atoms with van der Waals surface area (Å²) in [4.78, 5) is 30.9. The van der Waals surface area contributed by atoms with Crippen molar-refractivity contribution < 1.29 is 14.3 Å². The monoisotopic (exact) mass is 379 g/mol. The zero-order valence-corrected chi connectivity index (χ0v) is 15.7. The molecule has 0 radical (unpaired) electrons. The maximum atomic E-state index is 13.0. The average Bonchev–Trinajstić information content (AvgIpc) is 3.12. The Bertz CT molecular complexity index is 1030. The molecular formula is C20H21N5O3. The molecular weight excluding hydrogens is 358 g/mol. The highest BCUT2D eigenvalue weighted by molar-refractivity contribution is 5.87. The molecule has 2 aromatic heterocycles. The van der Waals surface area contributed by atoms with Crippen LogP contribution in [0.2, 0.25) is 0 Å². The number of aromatic nitrogens is 3. The number of nitrogens with zero attached hydrogens (tertiary/aromatic N) is 3. The smallest absolute Gasteiger partial charge is 0.252 e. The quantitative estimate of drug-likeness (QED) is 0.715. The van der Waals surface area contributed by atoms with Gasteiger partial charge >= 0.3 is 0 Å². The summed E-state index contributed by atoms with van der Waals surface area (Å²) in [6.07, 6.45) is 0.872. The van der Waals surface area contributed by atoms with Crippen molar-refractivity contribution in [3.05, 3.63) is 59.4 Å². The van der Waals surface area contributed by atoms with Crippen molar-refractivity contribution in [1.82, 2.24) is 25.4 Å². The van der Waals surface area contributed by atoms with Crippen LogP contribution in [-0.2, 0) is 20.9 Å². The van der Waals surface area contributed by atoms with Crippen LogP contribution in [0.5, 0.6) is 0 Å². The lowest BCUT2D eigenvalue weighted by Crippen LogP contribution is -2.53. The van der Waals surface area contributed by atoms with Gasteiger partial charge in [-0.25, -0.2) is 4.98 Å². The number of carbonyl (C=O) groups is 2. The molecule has 2 amide bonds. The molecule has 3 heterocycles. The molecule has 144 valence electrons. The van der Waals surface area contributed by atoms with Crippen LogP contribution in [0.15, 0.2) is 42.6 Å². The largest absolute Gasteiger partial charge is 0.356 e. The number of benzene rings is 1. The van der Waals surface area contributed by atoms with Crippen LogP contribution in [0, 0.1) is 6.92 Å². The molecule has 28 heavy (non-hydrogen) atoms. The highest BCUT2D eigenvalue weighted by atomic mass is 16.5. The fourth-order valence-corrected chi connectivity index (χ4v) is 3.53. The second-order valence-electron chi connectivity index (χ2n) is 6.83. The van der Waals surface area contributed by atoms with Crippen molar-refractivity contribution in [1.29, 1.82) is 0 Å². The minimum absolute atomic E-state index is 0.117.